The maximum Gasteiger partial charge on any atom is 2.00 e. The Morgan fingerprint density at radius 3 is 0.429 bits per heavy atom. The number of hydrogen-bond donors (Lipinski definition) is 0. The summed E-state index contributed by atoms with van der Waals surface area (Å²) in [5.74, 6) is 0. The molecule has 0 rings (SSSR count). The summed E-state index contributed by atoms with van der Waals surface area (Å²) < 4.78 is 0. The third-order valence-corrected chi connectivity index (χ3v) is 0. The predicted octanol–water partition coefficient (Wildman–Crippen LogP) is -27.1. The van der Waals surface area contributed by atoms with E-state index in [1.165, 1.54) is 0 Å². The molecule has 21 heavy (non-hydrogen) atoms. The van der Waals surface area contributed by atoms with E-state index < -0.39 is 0 Å². The second-order valence-electron chi connectivity index (χ2n) is 0.577. The van der Waals surface area contributed by atoms with Crippen molar-refractivity contribution in [2.24, 2.45) is 0 Å². The zero-order valence-corrected chi connectivity index (χ0v) is 28.0. The standard InChI is InChI=1S/2C2H5O.8ClH.5Mg.2Ti/c2*1-2-3;;;;;;;;;;;;;;;/h2*2H2,1H3;8*1H;;;;;;;/q2*-1;;;;;;;;;5*+2;;/p-8. The molecule has 0 spiro atoms. The van der Waals surface area contributed by atoms with Crippen molar-refractivity contribution in [3.63, 3.8) is 0 Å². The van der Waals surface area contributed by atoms with E-state index in [0.717, 1.165) is 0 Å². The average Bonchev–Trinajstić information content (AvgIpc) is 1.39. The Morgan fingerprint density at radius 2 is 0.429 bits per heavy atom. The Morgan fingerprint density at radius 1 is 0.429 bits per heavy atom. The summed E-state index contributed by atoms with van der Waals surface area (Å²) >= 11 is 0. The van der Waals surface area contributed by atoms with Crippen LogP contribution in [0.25, 0.3) is 0 Å². The van der Waals surface area contributed by atoms with Gasteiger partial charge in [0.2, 0.25) is 0 Å². The fraction of sp³-hybridized carbons (Fsp3) is 1.00. The molecule has 0 atom stereocenters. The molecule has 0 fully saturated rings. The number of halogens is 8. The molecule has 2 nitrogen and oxygen atoms in total. The molecular formula is C4H10Cl8Mg5O2Ti2. The Hall–Kier alpha value is 7.50. The number of rotatable bonds is 0. The SMILES string of the molecule is CC[O-].CC[O-].[Cl-].[Cl-].[Cl-].[Cl-].[Cl-].[Cl-].[Cl-].[Cl-].[Mg+2].[Mg+2].[Mg+2].[Mg+2].[Mg+2].[Ti].[Ti]. The van der Waals surface area contributed by atoms with E-state index in [0.29, 0.717) is 0 Å². The molecule has 0 saturated carbocycles. The third-order valence-electron chi connectivity index (χ3n) is 0. The van der Waals surface area contributed by atoms with Gasteiger partial charge in [0, 0.05) is 43.4 Å². The molecule has 0 aromatic rings. The van der Waals surface area contributed by atoms with Crippen LogP contribution in [0.3, 0.4) is 0 Å². The van der Waals surface area contributed by atoms with Crippen LogP contribution in [0.2, 0.25) is 0 Å². The van der Waals surface area contributed by atoms with E-state index in [2.05, 4.69) is 0 Å². The average molecular weight is 591 g/mol. The monoisotopic (exact) mass is 586 g/mol. The van der Waals surface area contributed by atoms with Gasteiger partial charge < -0.3 is 109 Å². The van der Waals surface area contributed by atoms with Crippen LogP contribution in [0.5, 0.6) is 0 Å². The van der Waals surface area contributed by atoms with Gasteiger partial charge in [0.05, 0.1) is 0 Å². The molecule has 0 saturated heterocycles. The van der Waals surface area contributed by atoms with Crippen molar-refractivity contribution >= 4 is 115 Å². The van der Waals surface area contributed by atoms with Crippen LogP contribution in [-0.2, 0) is 43.4 Å². The van der Waals surface area contributed by atoms with E-state index in [4.69, 9.17) is 10.2 Å². The molecule has 0 bridgehead atoms. The molecule has 0 aliphatic rings. The summed E-state index contributed by atoms with van der Waals surface area (Å²) in [6, 6.07) is 0. The van der Waals surface area contributed by atoms with Gasteiger partial charge in [-0.15, -0.1) is 13.2 Å². The van der Waals surface area contributed by atoms with Crippen molar-refractivity contribution in [3.05, 3.63) is 0 Å². The summed E-state index contributed by atoms with van der Waals surface area (Å²) in [5, 5.41) is 17.9. The van der Waals surface area contributed by atoms with Crippen LogP contribution in [0.4, 0.5) is 0 Å². The first-order valence-corrected chi connectivity index (χ1v) is 1.99. The van der Waals surface area contributed by atoms with Crippen molar-refractivity contribution in [1.82, 2.24) is 0 Å². The topological polar surface area (TPSA) is 46.1 Å². The van der Waals surface area contributed by atoms with Crippen molar-refractivity contribution in [3.8, 4) is 0 Å². The fourth-order valence-electron chi connectivity index (χ4n) is 0. The molecule has 0 aliphatic carbocycles. The summed E-state index contributed by atoms with van der Waals surface area (Å²) in [6.07, 6.45) is 0. The minimum atomic E-state index is 0. The first-order chi connectivity index (χ1) is 2.83. The largest absolute Gasteiger partial charge is 2.00 e. The molecule has 0 N–H and O–H groups in total. The minimum Gasteiger partial charge on any atom is -1.00 e. The van der Waals surface area contributed by atoms with Crippen LogP contribution in [0, 0.1) is 0 Å². The third kappa shape index (κ3) is 318. The first-order valence-electron chi connectivity index (χ1n) is 1.99. The smallest absolute Gasteiger partial charge is 1.00 e. The molecule has 17 heteroatoms. The van der Waals surface area contributed by atoms with E-state index in [1.54, 1.807) is 13.8 Å². The van der Waals surface area contributed by atoms with Gasteiger partial charge in [-0.1, -0.05) is 13.8 Å². The van der Waals surface area contributed by atoms with E-state index in [9.17, 15) is 0 Å². The van der Waals surface area contributed by atoms with E-state index in [1.807, 2.05) is 0 Å². The van der Waals surface area contributed by atoms with Gasteiger partial charge in [-0.2, -0.15) is 0 Å². The Labute approximate surface area is 289 Å². The normalized spacial score (nSPS) is 1.71. The summed E-state index contributed by atoms with van der Waals surface area (Å²) in [7, 11) is 0. The van der Waals surface area contributed by atoms with Gasteiger partial charge in [0.25, 0.3) is 0 Å². The van der Waals surface area contributed by atoms with E-state index in [-0.39, 0.29) is 271 Å². The van der Waals surface area contributed by atoms with Gasteiger partial charge >= 0.3 is 115 Å². The molecule has 0 radical (unpaired) electrons. The van der Waals surface area contributed by atoms with Crippen LogP contribution in [-0.4, -0.2) is 128 Å². The Kier molecular flexibility index (Phi) is 1660. The quantitative estimate of drug-likeness (QED) is 0.263. The van der Waals surface area contributed by atoms with Crippen molar-refractivity contribution < 1.29 is 153 Å². The molecular weight excluding hydrogens is 581 g/mol. The second kappa shape index (κ2) is 214. The summed E-state index contributed by atoms with van der Waals surface area (Å²) in [6.45, 7) is 3.14. The van der Waals surface area contributed by atoms with Crippen LogP contribution in [0.15, 0.2) is 0 Å². The summed E-state index contributed by atoms with van der Waals surface area (Å²) in [4.78, 5) is 0. The van der Waals surface area contributed by atoms with Gasteiger partial charge in [0.1, 0.15) is 0 Å². The molecule has 0 aliphatic heterocycles. The zero-order valence-electron chi connectivity index (χ0n) is 11.8. The minimum absolute atomic E-state index is 0. The van der Waals surface area contributed by atoms with Gasteiger partial charge in [-0.3, -0.25) is 0 Å². The summed E-state index contributed by atoms with van der Waals surface area (Å²) in [5.41, 5.74) is 0. The molecule has 112 valence electrons. The second-order valence-corrected chi connectivity index (χ2v) is 0.577. The first kappa shape index (κ1) is 163. The van der Waals surface area contributed by atoms with E-state index >= 15 is 0 Å². The molecule has 0 aromatic carbocycles. The molecule has 0 aromatic heterocycles. The van der Waals surface area contributed by atoms with Gasteiger partial charge in [-0.25, -0.2) is 0 Å². The van der Waals surface area contributed by atoms with Crippen LogP contribution < -0.4 is 109 Å². The number of hydrogen-bond acceptors (Lipinski definition) is 2. The Balaban J connectivity index is -0.000000000593. The molecule has 0 heterocycles. The predicted molar refractivity (Wildman–Crippen MR) is 49.9 cm³/mol. The maximum atomic E-state index is 8.93. The van der Waals surface area contributed by atoms with Gasteiger partial charge in [-0.05, 0) is 0 Å². The van der Waals surface area contributed by atoms with Crippen LogP contribution >= 0.6 is 0 Å². The fourth-order valence-corrected chi connectivity index (χ4v) is 0. The molecule has 0 amide bonds. The van der Waals surface area contributed by atoms with Crippen molar-refractivity contribution in [1.29, 1.82) is 0 Å². The Bertz CT molecular complexity index is 46.6. The van der Waals surface area contributed by atoms with Crippen LogP contribution in [0.1, 0.15) is 13.8 Å². The van der Waals surface area contributed by atoms with Crippen molar-refractivity contribution in [2.45, 2.75) is 13.8 Å². The van der Waals surface area contributed by atoms with Crippen molar-refractivity contribution in [2.75, 3.05) is 13.2 Å². The molecule has 0 unspecified atom stereocenters. The maximum absolute atomic E-state index is 8.93. The zero-order chi connectivity index (χ0) is 5.41. The van der Waals surface area contributed by atoms with Gasteiger partial charge in [0.15, 0.2) is 0 Å².